The quantitative estimate of drug-likeness (QED) is 0.632. The maximum atomic E-state index is 13.4. The molecule has 0 aliphatic heterocycles. The Hall–Kier alpha value is -2.84. The highest BCUT2D eigenvalue weighted by molar-refractivity contribution is 5.93. The van der Waals surface area contributed by atoms with Gasteiger partial charge in [-0.15, -0.1) is 0 Å². The molecule has 0 amide bonds. The standard InChI is InChI=1S/C19H21F3N6/c1-11(2)28-10-14(12-8-23-7-4-15(12)28)25-17-24-9-13(19(20,21)22)16(26-17)27-18(3)5-6-18/h4,7-11H,5-6H2,1-3H3,(H2,24,25,26,27). The first kappa shape index (κ1) is 18.5. The number of nitrogens with one attached hydrogen (secondary N) is 2. The zero-order chi connectivity index (χ0) is 20.1. The summed E-state index contributed by atoms with van der Waals surface area (Å²) < 4.78 is 42.1. The summed E-state index contributed by atoms with van der Waals surface area (Å²) in [4.78, 5) is 12.2. The number of aromatic nitrogens is 4. The molecule has 1 aliphatic carbocycles. The van der Waals surface area contributed by atoms with Crippen molar-refractivity contribution in [3.05, 3.63) is 36.4 Å². The highest BCUT2D eigenvalue weighted by Gasteiger charge is 2.42. The van der Waals surface area contributed by atoms with Gasteiger partial charge in [0.15, 0.2) is 0 Å². The molecule has 28 heavy (non-hydrogen) atoms. The van der Waals surface area contributed by atoms with Gasteiger partial charge in [0, 0.05) is 41.8 Å². The maximum absolute atomic E-state index is 13.4. The van der Waals surface area contributed by atoms with Crippen LogP contribution in [0, 0.1) is 0 Å². The molecule has 0 saturated heterocycles. The second kappa shape index (κ2) is 6.35. The summed E-state index contributed by atoms with van der Waals surface area (Å²) in [6, 6.07) is 2.11. The van der Waals surface area contributed by atoms with E-state index in [1.54, 1.807) is 12.4 Å². The average Bonchev–Trinajstić information content (AvgIpc) is 3.22. The molecule has 1 saturated carbocycles. The molecular weight excluding hydrogens is 369 g/mol. The maximum Gasteiger partial charge on any atom is 0.421 e. The smallest absolute Gasteiger partial charge is 0.364 e. The van der Waals surface area contributed by atoms with Crippen LogP contribution in [0.3, 0.4) is 0 Å². The van der Waals surface area contributed by atoms with E-state index in [9.17, 15) is 13.2 Å². The predicted molar refractivity (Wildman–Crippen MR) is 102 cm³/mol. The lowest BCUT2D eigenvalue weighted by molar-refractivity contribution is -0.137. The number of pyridine rings is 1. The van der Waals surface area contributed by atoms with E-state index in [1.165, 1.54) is 0 Å². The van der Waals surface area contributed by atoms with E-state index >= 15 is 0 Å². The van der Waals surface area contributed by atoms with E-state index in [-0.39, 0.29) is 23.3 Å². The van der Waals surface area contributed by atoms with Gasteiger partial charge >= 0.3 is 6.18 Å². The van der Waals surface area contributed by atoms with Crippen molar-refractivity contribution in [1.29, 1.82) is 0 Å². The van der Waals surface area contributed by atoms with Gasteiger partial charge in [0.2, 0.25) is 5.95 Å². The highest BCUT2D eigenvalue weighted by atomic mass is 19.4. The Morgan fingerprint density at radius 3 is 2.61 bits per heavy atom. The van der Waals surface area contributed by atoms with Crippen LogP contribution in [0.25, 0.3) is 10.9 Å². The van der Waals surface area contributed by atoms with Crippen LogP contribution < -0.4 is 10.6 Å². The molecule has 1 fully saturated rings. The fourth-order valence-corrected chi connectivity index (χ4v) is 3.09. The number of fused-ring (bicyclic) bond motifs is 1. The number of nitrogens with zero attached hydrogens (tertiary/aromatic N) is 4. The van der Waals surface area contributed by atoms with Crippen LogP contribution in [-0.4, -0.2) is 25.1 Å². The lowest BCUT2D eigenvalue weighted by Gasteiger charge is -2.18. The van der Waals surface area contributed by atoms with Crippen molar-refractivity contribution in [3.8, 4) is 0 Å². The van der Waals surface area contributed by atoms with Crippen molar-refractivity contribution in [2.45, 2.75) is 51.4 Å². The molecule has 4 rings (SSSR count). The number of hydrogen-bond donors (Lipinski definition) is 2. The third kappa shape index (κ3) is 3.48. The van der Waals surface area contributed by atoms with Crippen LogP contribution in [0.2, 0.25) is 0 Å². The van der Waals surface area contributed by atoms with Crippen molar-refractivity contribution in [1.82, 2.24) is 19.5 Å². The molecular formula is C19H21F3N6. The molecule has 0 spiro atoms. The van der Waals surface area contributed by atoms with Gasteiger partial charge in [-0.25, -0.2) is 4.98 Å². The van der Waals surface area contributed by atoms with Crippen molar-refractivity contribution < 1.29 is 13.2 Å². The largest absolute Gasteiger partial charge is 0.421 e. The van der Waals surface area contributed by atoms with Crippen LogP contribution in [0.15, 0.2) is 30.9 Å². The van der Waals surface area contributed by atoms with Gasteiger partial charge in [0.25, 0.3) is 0 Å². The highest BCUT2D eigenvalue weighted by Crippen LogP contribution is 2.42. The Kier molecular flexibility index (Phi) is 4.20. The molecule has 1 aliphatic rings. The predicted octanol–water partition coefficient (Wildman–Crippen LogP) is 5.13. The Bertz CT molecular complexity index is 1020. The number of rotatable bonds is 5. The number of hydrogen-bond acceptors (Lipinski definition) is 5. The third-order valence-corrected chi connectivity index (χ3v) is 4.95. The summed E-state index contributed by atoms with van der Waals surface area (Å²) in [5, 5.41) is 6.83. The van der Waals surface area contributed by atoms with Gasteiger partial charge in [-0.1, -0.05) is 0 Å². The van der Waals surface area contributed by atoms with Crippen LogP contribution in [0.4, 0.5) is 30.6 Å². The first-order valence-corrected chi connectivity index (χ1v) is 9.10. The Morgan fingerprint density at radius 1 is 1.21 bits per heavy atom. The average molecular weight is 390 g/mol. The molecule has 2 N–H and O–H groups in total. The van der Waals surface area contributed by atoms with E-state index in [0.717, 1.165) is 29.9 Å². The molecule has 9 heteroatoms. The minimum Gasteiger partial charge on any atom is -0.364 e. The molecule has 3 heterocycles. The minimum atomic E-state index is -4.52. The fraction of sp³-hybridized carbons (Fsp3) is 0.421. The van der Waals surface area contributed by atoms with Crippen LogP contribution in [0.5, 0.6) is 0 Å². The van der Waals surface area contributed by atoms with Gasteiger partial charge in [0.05, 0.1) is 11.2 Å². The van der Waals surface area contributed by atoms with E-state index in [4.69, 9.17) is 0 Å². The second-order valence-electron chi connectivity index (χ2n) is 7.70. The van der Waals surface area contributed by atoms with Gasteiger partial charge < -0.3 is 15.2 Å². The first-order valence-electron chi connectivity index (χ1n) is 9.10. The number of anilines is 3. The van der Waals surface area contributed by atoms with Gasteiger partial charge in [0.1, 0.15) is 11.4 Å². The van der Waals surface area contributed by atoms with Crippen LogP contribution in [0.1, 0.15) is 45.2 Å². The van der Waals surface area contributed by atoms with Crippen molar-refractivity contribution >= 4 is 28.4 Å². The number of halogens is 3. The lowest BCUT2D eigenvalue weighted by atomic mass is 10.2. The normalized spacial score (nSPS) is 15.8. The van der Waals surface area contributed by atoms with Crippen LogP contribution >= 0.6 is 0 Å². The van der Waals surface area contributed by atoms with Crippen molar-refractivity contribution in [2.75, 3.05) is 10.6 Å². The molecule has 3 aromatic heterocycles. The molecule has 0 unspecified atom stereocenters. The summed E-state index contributed by atoms with van der Waals surface area (Å²) >= 11 is 0. The molecule has 0 atom stereocenters. The Labute approximate surface area is 160 Å². The van der Waals surface area contributed by atoms with Gasteiger partial charge in [-0.05, 0) is 39.7 Å². The summed E-state index contributed by atoms with van der Waals surface area (Å²) in [6.07, 6.45) is 3.23. The second-order valence-corrected chi connectivity index (χ2v) is 7.70. The summed E-state index contributed by atoms with van der Waals surface area (Å²) in [5.41, 5.74) is 0.462. The van der Waals surface area contributed by atoms with Crippen molar-refractivity contribution in [3.63, 3.8) is 0 Å². The Balaban J connectivity index is 1.73. The molecule has 0 aromatic carbocycles. The zero-order valence-electron chi connectivity index (χ0n) is 15.8. The first-order chi connectivity index (χ1) is 13.2. The molecule has 0 radical (unpaired) electrons. The topological polar surface area (TPSA) is 67.7 Å². The van der Waals surface area contributed by atoms with E-state index in [0.29, 0.717) is 5.69 Å². The van der Waals surface area contributed by atoms with Crippen LogP contribution in [-0.2, 0) is 6.18 Å². The van der Waals surface area contributed by atoms with E-state index in [2.05, 4.69) is 44.0 Å². The third-order valence-electron chi connectivity index (χ3n) is 4.95. The van der Waals surface area contributed by atoms with Gasteiger partial charge in [-0.3, -0.25) is 4.98 Å². The Morgan fingerprint density at radius 2 is 1.96 bits per heavy atom. The van der Waals surface area contributed by atoms with E-state index < -0.39 is 11.7 Å². The summed E-state index contributed by atoms with van der Waals surface area (Å²) in [6.45, 7) is 5.98. The lowest BCUT2D eigenvalue weighted by Crippen LogP contribution is -2.21. The fourth-order valence-electron chi connectivity index (χ4n) is 3.09. The SMILES string of the molecule is CC(C)n1cc(Nc2ncc(C(F)(F)F)c(NC3(C)CC3)n2)c2cnccc21. The summed E-state index contributed by atoms with van der Waals surface area (Å²) in [7, 11) is 0. The van der Waals surface area contributed by atoms with E-state index in [1.807, 2.05) is 19.2 Å². The molecule has 148 valence electrons. The monoisotopic (exact) mass is 390 g/mol. The van der Waals surface area contributed by atoms with Crippen molar-refractivity contribution in [2.24, 2.45) is 0 Å². The molecule has 0 bridgehead atoms. The molecule has 6 nitrogen and oxygen atoms in total. The number of alkyl halides is 3. The minimum absolute atomic E-state index is 0.103. The summed E-state index contributed by atoms with van der Waals surface area (Å²) in [5.74, 6) is -0.0952. The molecule has 3 aromatic rings. The zero-order valence-corrected chi connectivity index (χ0v) is 15.8. The van der Waals surface area contributed by atoms with Gasteiger partial charge in [-0.2, -0.15) is 18.2 Å².